The normalized spacial score (nSPS) is 10.7. The molecule has 0 atom stereocenters. The van der Waals surface area contributed by atoms with Crippen LogP contribution in [0.5, 0.6) is 17.2 Å². The van der Waals surface area contributed by atoms with Crippen LogP contribution in [0.3, 0.4) is 0 Å². The van der Waals surface area contributed by atoms with Gasteiger partial charge in [-0.1, -0.05) is 63.1 Å². The van der Waals surface area contributed by atoms with E-state index in [1.54, 1.807) is 12.1 Å². The second-order valence-corrected chi connectivity index (χ2v) is 7.76. The fourth-order valence-electron chi connectivity index (χ4n) is 3.70. The largest absolute Gasteiger partial charge is 0.508 e. The average molecular weight is 433 g/mol. The summed E-state index contributed by atoms with van der Waals surface area (Å²) in [6, 6.07) is 19.3. The zero-order chi connectivity index (χ0) is 22.9. The highest BCUT2D eigenvalue weighted by Gasteiger charge is 2.10. The highest BCUT2D eigenvalue weighted by Crippen LogP contribution is 2.30. The third-order valence-electron chi connectivity index (χ3n) is 5.32. The molecule has 0 aromatic heterocycles. The van der Waals surface area contributed by atoms with Crippen molar-refractivity contribution in [2.75, 3.05) is 13.2 Å². The van der Waals surface area contributed by atoms with Crippen molar-refractivity contribution in [3.05, 3.63) is 77.4 Å². The van der Waals surface area contributed by atoms with Gasteiger partial charge in [0.25, 0.3) is 0 Å². The minimum Gasteiger partial charge on any atom is -0.508 e. The van der Waals surface area contributed by atoms with E-state index in [4.69, 9.17) is 20.6 Å². The number of ether oxygens (including phenoxy) is 2. The molecule has 0 fully saturated rings. The number of rotatable bonds is 11. The maximum absolute atomic E-state index is 10.1. The summed E-state index contributed by atoms with van der Waals surface area (Å²) in [5.41, 5.74) is 10.5. The molecule has 0 radical (unpaired) electrons. The lowest BCUT2D eigenvalue weighted by Crippen LogP contribution is -2.11. The fourth-order valence-corrected chi connectivity index (χ4v) is 3.70. The summed E-state index contributed by atoms with van der Waals surface area (Å²) in [4.78, 5) is 0. The van der Waals surface area contributed by atoms with Crippen molar-refractivity contribution in [2.24, 2.45) is 5.73 Å². The van der Waals surface area contributed by atoms with Crippen molar-refractivity contribution in [2.45, 2.75) is 39.5 Å². The van der Waals surface area contributed by atoms with Crippen LogP contribution in [0.2, 0.25) is 0 Å². The molecule has 0 aliphatic carbocycles. The van der Waals surface area contributed by atoms with E-state index >= 15 is 0 Å². The number of nitrogen functional groups attached to an aromatic ring is 1. The molecule has 168 valence electrons. The minimum absolute atomic E-state index is 0.0710. The molecule has 3 aromatic rings. The van der Waals surface area contributed by atoms with Crippen molar-refractivity contribution < 1.29 is 14.6 Å². The number of aryl methyl sites for hydroxylation is 1. The maximum atomic E-state index is 10.1. The van der Waals surface area contributed by atoms with Gasteiger partial charge in [-0.25, -0.2) is 0 Å². The molecule has 0 saturated carbocycles. The SMILES string of the molecule is CCCc1cc(-c2ccc(C(=N)N)cc2)ccc1OCCOc1cccc(O)c1CCC. The minimum atomic E-state index is 0.0710. The van der Waals surface area contributed by atoms with E-state index in [-0.39, 0.29) is 11.6 Å². The molecule has 5 nitrogen and oxygen atoms in total. The predicted molar refractivity (Wildman–Crippen MR) is 130 cm³/mol. The van der Waals surface area contributed by atoms with Crippen LogP contribution in [0, 0.1) is 5.41 Å². The molecule has 0 bridgehead atoms. The third kappa shape index (κ3) is 5.82. The smallest absolute Gasteiger partial charge is 0.126 e. The van der Waals surface area contributed by atoms with E-state index in [0.717, 1.165) is 59.3 Å². The summed E-state index contributed by atoms with van der Waals surface area (Å²) in [6.07, 6.45) is 3.65. The number of nitrogens with two attached hydrogens (primary N) is 1. The Hall–Kier alpha value is -3.47. The van der Waals surface area contributed by atoms with E-state index in [2.05, 4.69) is 19.9 Å². The summed E-state index contributed by atoms with van der Waals surface area (Å²) in [5.74, 6) is 1.93. The van der Waals surface area contributed by atoms with Gasteiger partial charge in [0.2, 0.25) is 0 Å². The molecule has 0 spiro atoms. The molecule has 32 heavy (non-hydrogen) atoms. The molecule has 3 aromatic carbocycles. The highest BCUT2D eigenvalue weighted by molar-refractivity contribution is 5.95. The van der Waals surface area contributed by atoms with Crippen molar-refractivity contribution in [3.8, 4) is 28.4 Å². The first-order valence-corrected chi connectivity index (χ1v) is 11.2. The number of benzene rings is 3. The van der Waals surface area contributed by atoms with Crippen LogP contribution < -0.4 is 15.2 Å². The topological polar surface area (TPSA) is 88.6 Å². The molecular formula is C27H32N2O3. The molecule has 0 aliphatic heterocycles. The second kappa shape index (κ2) is 11.2. The molecule has 0 unspecified atom stereocenters. The predicted octanol–water partition coefficient (Wildman–Crippen LogP) is 5.71. The zero-order valence-corrected chi connectivity index (χ0v) is 18.9. The van der Waals surface area contributed by atoms with Gasteiger partial charge in [-0.15, -0.1) is 0 Å². The number of hydrogen-bond acceptors (Lipinski definition) is 4. The molecule has 3 rings (SSSR count). The lowest BCUT2D eigenvalue weighted by atomic mass is 9.99. The average Bonchev–Trinajstić information content (AvgIpc) is 2.79. The van der Waals surface area contributed by atoms with E-state index in [9.17, 15) is 5.11 Å². The lowest BCUT2D eigenvalue weighted by molar-refractivity contribution is 0.214. The Bertz CT molecular complexity index is 1050. The van der Waals surface area contributed by atoms with E-state index in [1.807, 2.05) is 42.5 Å². The molecule has 0 amide bonds. The molecule has 5 heteroatoms. The Morgan fingerprint density at radius 3 is 2.16 bits per heavy atom. The quantitative estimate of drug-likeness (QED) is 0.206. The summed E-state index contributed by atoms with van der Waals surface area (Å²) in [5, 5.41) is 17.6. The molecule has 4 N–H and O–H groups in total. The Labute approximate surface area is 190 Å². The van der Waals surface area contributed by atoms with Gasteiger partial charge in [0.15, 0.2) is 0 Å². The summed E-state index contributed by atoms with van der Waals surface area (Å²) in [6.45, 7) is 5.05. The van der Waals surface area contributed by atoms with Crippen LogP contribution in [-0.2, 0) is 12.8 Å². The van der Waals surface area contributed by atoms with Gasteiger partial charge in [-0.05, 0) is 53.8 Å². The first-order valence-electron chi connectivity index (χ1n) is 11.2. The Kier molecular flexibility index (Phi) is 8.14. The van der Waals surface area contributed by atoms with Crippen molar-refractivity contribution in [1.82, 2.24) is 0 Å². The monoisotopic (exact) mass is 432 g/mol. The van der Waals surface area contributed by atoms with E-state index in [1.165, 1.54) is 0 Å². The van der Waals surface area contributed by atoms with E-state index in [0.29, 0.717) is 19.0 Å². The van der Waals surface area contributed by atoms with Gasteiger partial charge in [0.1, 0.15) is 36.3 Å². The second-order valence-electron chi connectivity index (χ2n) is 7.76. The van der Waals surface area contributed by atoms with Crippen molar-refractivity contribution in [3.63, 3.8) is 0 Å². The van der Waals surface area contributed by atoms with Crippen LogP contribution in [0.1, 0.15) is 43.4 Å². The lowest BCUT2D eigenvalue weighted by Gasteiger charge is -2.15. The number of hydrogen-bond donors (Lipinski definition) is 3. The van der Waals surface area contributed by atoms with Gasteiger partial charge in [0.05, 0.1) is 0 Å². The van der Waals surface area contributed by atoms with Crippen LogP contribution in [0.25, 0.3) is 11.1 Å². The van der Waals surface area contributed by atoms with Crippen LogP contribution >= 0.6 is 0 Å². The fraction of sp³-hybridized carbons (Fsp3) is 0.296. The first kappa shape index (κ1) is 23.2. The third-order valence-corrected chi connectivity index (χ3v) is 5.32. The van der Waals surface area contributed by atoms with Gasteiger partial charge in [0, 0.05) is 11.1 Å². The highest BCUT2D eigenvalue weighted by atomic mass is 16.5. The van der Waals surface area contributed by atoms with Crippen molar-refractivity contribution in [1.29, 1.82) is 5.41 Å². The molecule has 0 saturated heterocycles. The number of amidine groups is 1. The number of aromatic hydroxyl groups is 1. The van der Waals surface area contributed by atoms with Gasteiger partial charge < -0.3 is 20.3 Å². The summed E-state index contributed by atoms with van der Waals surface area (Å²) >= 11 is 0. The Morgan fingerprint density at radius 2 is 1.50 bits per heavy atom. The number of phenolic OH excluding ortho intramolecular Hbond substituents is 1. The Balaban J connectivity index is 1.66. The molecule has 0 heterocycles. The number of nitrogens with one attached hydrogen (secondary N) is 1. The van der Waals surface area contributed by atoms with Crippen LogP contribution in [0.15, 0.2) is 60.7 Å². The van der Waals surface area contributed by atoms with Gasteiger partial charge >= 0.3 is 0 Å². The summed E-state index contributed by atoms with van der Waals surface area (Å²) < 4.78 is 12.0. The molecular weight excluding hydrogens is 400 g/mol. The summed E-state index contributed by atoms with van der Waals surface area (Å²) in [7, 11) is 0. The zero-order valence-electron chi connectivity index (χ0n) is 18.9. The Morgan fingerprint density at radius 1 is 0.844 bits per heavy atom. The van der Waals surface area contributed by atoms with Gasteiger partial charge in [-0.2, -0.15) is 0 Å². The standard InChI is InChI=1S/C27H32N2O3/c1-3-6-22-18-21(19-10-12-20(13-11-19)27(28)29)14-15-25(22)31-16-17-32-26-9-5-8-24(30)23(26)7-4-2/h5,8-15,18,30H,3-4,6-7,16-17H2,1-2H3,(H3,28,29). The van der Waals surface area contributed by atoms with Gasteiger partial charge in [-0.3, -0.25) is 5.41 Å². The molecule has 0 aliphatic rings. The van der Waals surface area contributed by atoms with Crippen LogP contribution in [0.4, 0.5) is 0 Å². The van der Waals surface area contributed by atoms with Crippen molar-refractivity contribution >= 4 is 5.84 Å². The number of phenols is 1. The first-order chi connectivity index (χ1) is 15.5. The maximum Gasteiger partial charge on any atom is 0.126 e. The van der Waals surface area contributed by atoms with Crippen LogP contribution in [-0.4, -0.2) is 24.2 Å². The van der Waals surface area contributed by atoms with E-state index < -0.39 is 0 Å².